The van der Waals surface area contributed by atoms with E-state index in [0.29, 0.717) is 0 Å². The van der Waals surface area contributed by atoms with Gasteiger partial charge in [-0.05, 0) is 51.4 Å². The van der Waals surface area contributed by atoms with Crippen molar-refractivity contribution >= 4 is 18.4 Å². The highest BCUT2D eigenvalue weighted by molar-refractivity contribution is 7.06. The van der Waals surface area contributed by atoms with Gasteiger partial charge in [0.05, 0.1) is 0 Å². The Bertz CT molecular complexity index is 760. The zero-order valence-corrected chi connectivity index (χ0v) is 16.8. The highest BCUT2D eigenvalue weighted by Gasteiger charge is 2.37. The van der Waals surface area contributed by atoms with Crippen LogP contribution in [-0.2, 0) is 0 Å². The molecule has 0 aromatic heterocycles. The maximum Gasteiger partial charge on any atom is 0.141 e. The first kappa shape index (κ1) is 17.0. The van der Waals surface area contributed by atoms with E-state index < -0.39 is 8.07 Å². The summed E-state index contributed by atoms with van der Waals surface area (Å²) in [5.41, 5.74) is 6.90. The lowest BCUT2D eigenvalue weighted by Crippen LogP contribution is -2.57. The fourth-order valence-corrected chi connectivity index (χ4v) is 8.24. The van der Waals surface area contributed by atoms with E-state index >= 15 is 0 Å². The van der Waals surface area contributed by atoms with Crippen molar-refractivity contribution in [2.75, 3.05) is 0 Å². The fourth-order valence-electron chi connectivity index (χ4n) is 4.08. The molecule has 1 aliphatic carbocycles. The number of aryl methyl sites for hydroxylation is 4. The van der Waals surface area contributed by atoms with Crippen LogP contribution in [0, 0.1) is 27.7 Å². The molecule has 2 aromatic carbocycles. The van der Waals surface area contributed by atoms with E-state index in [1.807, 2.05) is 0 Å². The summed E-state index contributed by atoms with van der Waals surface area (Å²) in [6, 6.07) is 14.3. The third-order valence-electron chi connectivity index (χ3n) is 5.29. The summed E-state index contributed by atoms with van der Waals surface area (Å²) in [4.78, 5) is 0. The number of hydrogen-bond acceptors (Lipinski definition) is 0. The van der Waals surface area contributed by atoms with Gasteiger partial charge in [0.1, 0.15) is 8.07 Å². The van der Waals surface area contributed by atoms with Crippen molar-refractivity contribution in [3.63, 3.8) is 0 Å². The predicted molar refractivity (Wildman–Crippen MR) is 109 cm³/mol. The van der Waals surface area contributed by atoms with Crippen LogP contribution in [0.2, 0.25) is 6.55 Å². The second-order valence-corrected chi connectivity index (χ2v) is 11.7. The summed E-state index contributed by atoms with van der Waals surface area (Å²) in [7, 11) is -1.93. The molecule has 3 rings (SSSR count). The first-order valence-electron chi connectivity index (χ1n) is 8.84. The highest BCUT2D eigenvalue weighted by Crippen LogP contribution is 2.27. The van der Waals surface area contributed by atoms with Crippen molar-refractivity contribution < 1.29 is 0 Å². The minimum absolute atomic E-state index is 1.11. The molecular weight excluding hydrogens is 304 g/mol. The van der Waals surface area contributed by atoms with E-state index in [4.69, 9.17) is 0 Å². The zero-order chi connectivity index (χ0) is 17.5. The Hall–Kier alpha value is -1.86. The summed E-state index contributed by atoms with van der Waals surface area (Å²) >= 11 is 0. The Labute approximate surface area is 147 Å². The molecule has 24 heavy (non-hydrogen) atoms. The molecule has 0 heterocycles. The maximum absolute atomic E-state index is 2.54. The van der Waals surface area contributed by atoms with Crippen LogP contribution in [0.15, 0.2) is 59.3 Å². The van der Waals surface area contributed by atoms with Gasteiger partial charge in [0.25, 0.3) is 0 Å². The Morgan fingerprint density at radius 1 is 0.667 bits per heavy atom. The van der Waals surface area contributed by atoms with Gasteiger partial charge in [0.15, 0.2) is 0 Å². The van der Waals surface area contributed by atoms with E-state index in [2.05, 4.69) is 89.7 Å². The van der Waals surface area contributed by atoms with E-state index in [9.17, 15) is 0 Å². The minimum Gasteiger partial charge on any atom is -0.0779 e. The van der Waals surface area contributed by atoms with Gasteiger partial charge in [-0.15, -0.1) is 0 Å². The normalized spacial score (nSPS) is 14.6. The van der Waals surface area contributed by atoms with Gasteiger partial charge in [-0.2, -0.15) is 0 Å². The van der Waals surface area contributed by atoms with Crippen LogP contribution in [0.3, 0.4) is 0 Å². The van der Waals surface area contributed by atoms with Crippen molar-refractivity contribution in [1.82, 2.24) is 0 Å². The summed E-state index contributed by atoms with van der Waals surface area (Å²) < 4.78 is 0. The van der Waals surface area contributed by atoms with E-state index in [0.717, 1.165) is 6.42 Å². The third-order valence-corrected chi connectivity index (χ3v) is 9.81. The summed E-state index contributed by atoms with van der Waals surface area (Å²) in [6.45, 7) is 13.6. The van der Waals surface area contributed by atoms with Crippen LogP contribution in [0.5, 0.6) is 0 Å². The molecule has 1 heteroatoms. The quantitative estimate of drug-likeness (QED) is 0.699. The smallest absolute Gasteiger partial charge is 0.0779 e. The Balaban J connectivity index is 2.27. The van der Waals surface area contributed by atoms with Gasteiger partial charge in [0, 0.05) is 0 Å². The highest BCUT2D eigenvalue weighted by atomic mass is 28.3. The van der Waals surface area contributed by atoms with E-state index in [1.54, 1.807) is 15.6 Å². The minimum atomic E-state index is -1.93. The van der Waals surface area contributed by atoms with Gasteiger partial charge in [0.2, 0.25) is 0 Å². The molecule has 0 spiro atoms. The average Bonchev–Trinajstić information content (AvgIpc) is 2.91. The standard InChI is InChI=1S/C23H28Si/c1-16-7-8-21(11-16)24(6,22-12-17(2)9-18(3)13-22)23-14-19(4)10-20(5)15-23/h7,9-15H,8H2,1-6H3. The lowest BCUT2D eigenvalue weighted by molar-refractivity contribution is 1.34. The monoisotopic (exact) mass is 332 g/mol. The molecule has 2 aromatic rings. The topological polar surface area (TPSA) is 0 Å². The SMILES string of the molecule is CC1=CCC([Si](C)(c2cc(C)cc(C)c2)c2cc(C)cc(C)c2)=C1. The molecule has 0 fully saturated rings. The van der Waals surface area contributed by atoms with Gasteiger partial charge < -0.3 is 0 Å². The molecule has 0 saturated carbocycles. The maximum atomic E-state index is 2.54. The molecule has 1 aliphatic rings. The van der Waals surface area contributed by atoms with Crippen LogP contribution in [-0.4, -0.2) is 8.07 Å². The summed E-state index contributed by atoms with van der Waals surface area (Å²) in [6.07, 6.45) is 5.93. The number of hydrogen-bond donors (Lipinski definition) is 0. The molecule has 0 radical (unpaired) electrons. The van der Waals surface area contributed by atoms with Gasteiger partial charge >= 0.3 is 0 Å². The van der Waals surface area contributed by atoms with Gasteiger partial charge in [-0.3, -0.25) is 0 Å². The molecule has 0 nitrogen and oxygen atoms in total. The van der Waals surface area contributed by atoms with Crippen molar-refractivity contribution in [3.05, 3.63) is 81.6 Å². The molecule has 0 N–H and O–H groups in total. The summed E-state index contributed by atoms with van der Waals surface area (Å²) in [5, 5.41) is 4.72. The summed E-state index contributed by atoms with van der Waals surface area (Å²) in [5.74, 6) is 0. The zero-order valence-electron chi connectivity index (χ0n) is 15.8. The molecule has 0 amide bonds. The molecular formula is C23H28Si. The van der Waals surface area contributed by atoms with Crippen LogP contribution >= 0.6 is 0 Å². The van der Waals surface area contributed by atoms with Crippen LogP contribution in [0.4, 0.5) is 0 Å². The molecule has 0 atom stereocenters. The molecule has 0 bridgehead atoms. The van der Waals surface area contributed by atoms with E-state index in [1.165, 1.54) is 27.8 Å². The van der Waals surface area contributed by atoms with Gasteiger partial charge in [-0.1, -0.05) is 88.1 Å². The fraction of sp³-hybridized carbons (Fsp3) is 0.304. The van der Waals surface area contributed by atoms with Gasteiger partial charge in [-0.25, -0.2) is 0 Å². The van der Waals surface area contributed by atoms with Crippen molar-refractivity contribution in [2.45, 2.75) is 47.6 Å². The Morgan fingerprint density at radius 3 is 1.42 bits per heavy atom. The van der Waals surface area contributed by atoms with Crippen molar-refractivity contribution in [3.8, 4) is 0 Å². The third kappa shape index (κ3) is 3.05. The number of allylic oxidation sites excluding steroid dienone is 4. The van der Waals surface area contributed by atoms with Crippen molar-refractivity contribution in [1.29, 1.82) is 0 Å². The molecule has 0 saturated heterocycles. The molecule has 0 unspecified atom stereocenters. The molecule has 124 valence electrons. The second kappa shape index (κ2) is 6.21. The average molecular weight is 333 g/mol. The first-order chi connectivity index (χ1) is 11.3. The first-order valence-corrected chi connectivity index (χ1v) is 11.3. The predicted octanol–water partition coefficient (Wildman–Crippen LogP) is 4.93. The number of benzene rings is 2. The van der Waals surface area contributed by atoms with Crippen LogP contribution in [0.25, 0.3) is 0 Å². The van der Waals surface area contributed by atoms with Crippen molar-refractivity contribution in [2.24, 2.45) is 0 Å². The largest absolute Gasteiger partial charge is 0.141 e. The Morgan fingerprint density at radius 2 is 1.08 bits per heavy atom. The molecule has 0 aliphatic heterocycles. The van der Waals surface area contributed by atoms with Crippen LogP contribution in [0.1, 0.15) is 35.6 Å². The Kier molecular flexibility index (Phi) is 4.40. The lowest BCUT2D eigenvalue weighted by atomic mass is 10.2. The lowest BCUT2D eigenvalue weighted by Gasteiger charge is -2.32. The van der Waals surface area contributed by atoms with Crippen LogP contribution < -0.4 is 10.4 Å². The number of rotatable bonds is 3. The second-order valence-electron chi connectivity index (χ2n) is 7.70. The van der Waals surface area contributed by atoms with E-state index in [-0.39, 0.29) is 0 Å².